The number of hydrogen-bond donors (Lipinski definition) is 2. The molecular weight excluding hydrogens is 459 g/mol. The van der Waals surface area contributed by atoms with Crippen molar-refractivity contribution in [3.63, 3.8) is 0 Å². The molecular formula is C22H20Cl2N2O4S. The van der Waals surface area contributed by atoms with E-state index >= 15 is 0 Å². The topological polar surface area (TPSA) is 84.5 Å². The minimum Gasteiger partial charge on any atom is -0.497 e. The van der Waals surface area contributed by atoms with Crippen LogP contribution in [0.1, 0.15) is 5.56 Å². The third kappa shape index (κ3) is 6.21. The first-order valence-corrected chi connectivity index (χ1v) is 11.5. The van der Waals surface area contributed by atoms with E-state index < -0.39 is 22.0 Å². The summed E-state index contributed by atoms with van der Waals surface area (Å²) in [5, 5.41) is 3.33. The van der Waals surface area contributed by atoms with Crippen LogP contribution in [-0.2, 0) is 21.2 Å². The molecule has 1 atom stereocenters. The third-order valence-corrected chi connectivity index (χ3v) is 6.50. The zero-order valence-electron chi connectivity index (χ0n) is 16.5. The van der Waals surface area contributed by atoms with Gasteiger partial charge in [0.1, 0.15) is 11.8 Å². The first kappa shape index (κ1) is 23.1. The highest BCUT2D eigenvalue weighted by Gasteiger charge is 2.27. The summed E-state index contributed by atoms with van der Waals surface area (Å²) in [6.07, 6.45) is 0.139. The summed E-state index contributed by atoms with van der Waals surface area (Å²) in [5.41, 5.74) is 1.08. The number of benzene rings is 3. The molecule has 0 aliphatic rings. The molecule has 3 rings (SSSR count). The Morgan fingerprint density at radius 3 is 2.32 bits per heavy atom. The van der Waals surface area contributed by atoms with Crippen LogP contribution < -0.4 is 14.8 Å². The molecule has 6 nitrogen and oxygen atoms in total. The average Bonchev–Trinajstić information content (AvgIpc) is 2.76. The Morgan fingerprint density at radius 2 is 1.68 bits per heavy atom. The molecule has 2 N–H and O–H groups in total. The Hall–Kier alpha value is -2.58. The van der Waals surface area contributed by atoms with Gasteiger partial charge in [0.15, 0.2) is 0 Å². The van der Waals surface area contributed by atoms with E-state index in [1.807, 2.05) is 30.3 Å². The summed E-state index contributed by atoms with van der Waals surface area (Å²) in [5.74, 6) is -0.0433. The number of carbonyl (C=O) groups is 1. The second-order valence-electron chi connectivity index (χ2n) is 6.65. The van der Waals surface area contributed by atoms with Gasteiger partial charge in [0, 0.05) is 5.02 Å². The lowest BCUT2D eigenvalue weighted by Crippen LogP contribution is -2.45. The molecule has 3 aromatic rings. The van der Waals surface area contributed by atoms with Crippen molar-refractivity contribution >= 4 is 44.8 Å². The van der Waals surface area contributed by atoms with Crippen LogP contribution >= 0.6 is 23.2 Å². The standard InChI is InChI=1S/C22H20Cl2N2O4S/c1-30-17-8-10-18(11-9-17)31(28,29)26-21(13-15-5-3-2-4-6-15)22(27)25-20-14-16(23)7-12-19(20)24/h2-12,14,21,26H,13H2,1H3,(H,25,27). The molecule has 0 saturated carbocycles. The van der Waals surface area contributed by atoms with Gasteiger partial charge in [-0.2, -0.15) is 4.72 Å². The van der Waals surface area contributed by atoms with Crippen LogP contribution in [0.5, 0.6) is 5.75 Å². The Kier molecular flexibility index (Phi) is 7.56. The number of anilines is 1. The molecule has 0 radical (unpaired) electrons. The van der Waals surface area contributed by atoms with Gasteiger partial charge in [-0.05, 0) is 54.4 Å². The van der Waals surface area contributed by atoms with Crippen molar-refractivity contribution in [1.82, 2.24) is 4.72 Å². The van der Waals surface area contributed by atoms with Crippen LogP contribution in [0.3, 0.4) is 0 Å². The summed E-state index contributed by atoms with van der Waals surface area (Å²) >= 11 is 12.1. The van der Waals surface area contributed by atoms with Crippen molar-refractivity contribution in [3.05, 3.63) is 88.4 Å². The second-order valence-corrected chi connectivity index (χ2v) is 9.21. The normalized spacial score (nSPS) is 12.2. The molecule has 9 heteroatoms. The SMILES string of the molecule is COc1ccc(S(=O)(=O)NC(Cc2ccccc2)C(=O)Nc2cc(Cl)ccc2Cl)cc1. The minimum absolute atomic E-state index is 0.0138. The van der Waals surface area contributed by atoms with Gasteiger partial charge in [-0.15, -0.1) is 0 Å². The zero-order valence-corrected chi connectivity index (χ0v) is 18.8. The molecule has 1 unspecified atom stereocenters. The number of hydrogen-bond acceptors (Lipinski definition) is 4. The highest BCUT2D eigenvalue weighted by atomic mass is 35.5. The van der Waals surface area contributed by atoms with Crippen molar-refractivity contribution in [2.24, 2.45) is 0 Å². The van der Waals surface area contributed by atoms with Gasteiger partial charge in [-0.25, -0.2) is 8.42 Å². The number of carbonyl (C=O) groups excluding carboxylic acids is 1. The van der Waals surface area contributed by atoms with Gasteiger partial charge in [0.05, 0.1) is 22.7 Å². The molecule has 0 aromatic heterocycles. The average molecular weight is 479 g/mol. The van der Waals surface area contributed by atoms with E-state index in [9.17, 15) is 13.2 Å². The van der Waals surface area contributed by atoms with Gasteiger partial charge in [-0.3, -0.25) is 4.79 Å². The number of amides is 1. The van der Waals surface area contributed by atoms with E-state index in [2.05, 4.69) is 10.0 Å². The van der Waals surface area contributed by atoms with Crippen molar-refractivity contribution in [2.75, 3.05) is 12.4 Å². The molecule has 0 fully saturated rings. The summed E-state index contributed by atoms with van der Waals surface area (Å²) in [7, 11) is -2.50. The first-order chi connectivity index (χ1) is 14.8. The Labute approximate surface area is 191 Å². The van der Waals surface area contributed by atoms with E-state index in [0.717, 1.165) is 5.56 Å². The lowest BCUT2D eigenvalue weighted by Gasteiger charge is -2.19. The number of halogens is 2. The molecule has 1 amide bonds. The van der Waals surface area contributed by atoms with E-state index in [4.69, 9.17) is 27.9 Å². The van der Waals surface area contributed by atoms with Crippen molar-refractivity contribution in [3.8, 4) is 5.75 Å². The molecule has 0 aliphatic heterocycles. The van der Waals surface area contributed by atoms with E-state index in [0.29, 0.717) is 16.5 Å². The molecule has 0 bridgehead atoms. The molecule has 31 heavy (non-hydrogen) atoms. The van der Waals surface area contributed by atoms with Gasteiger partial charge in [0.25, 0.3) is 0 Å². The van der Waals surface area contributed by atoms with Crippen molar-refractivity contribution in [2.45, 2.75) is 17.4 Å². The molecule has 3 aromatic carbocycles. The smallest absolute Gasteiger partial charge is 0.242 e. The van der Waals surface area contributed by atoms with Crippen molar-refractivity contribution in [1.29, 1.82) is 0 Å². The molecule has 0 aliphatic carbocycles. The number of sulfonamides is 1. The maximum atomic E-state index is 13.0. The molecule has 0 saturated heterocycles. The van der Waals surface area contributed by atoms with E-state index in [-0.39, 0.29) is 16.3 Å². The van der Waals surface area contributed by atoms with E-state index in [1.165, 1.54) is 37.4 Å². The maximum absolute atomic E-state index is 13.0. The lowest BCUT2D eigenvalue weighted by atomic mass is 10.1. The maximum Gasteiger partial charge on any atom is 0.242 e. The monoisotopic (exact) mass is 478 g/mol. The number of methoxy groups -OCH3 is 1. The van der Waals surface area contributed by atoms with Crippen LogP contribution in [0, 0.1) is 0 Å². The highest BCUT2D eigenvalue weighted by Crippen LogP contribution is 2.26. The molecule has 0 heterocycles. The van der Waals surface area contributed by atoms with Crippen LogP contribution in [0.4, 0.5) is 5.69 Å². The summed E-state index contributed by atoms with van der Waals surface area (Å²) in [4.78, 5) is 13.0. The van der Waals surface area contributed by atoms with E-state index in [1.54, 1.807) is 12.1 Å². The Bertz CT molecular complexity index is 1150. The third-order valence-electron chi connectivity index (χ3n) is 4.45. The van der Waals surface area contributed by atoms with Gasteiger partial charge < -0.3 is 10.1 Å². The first-order valence-electron chi connectivity index (χ1n) is 9.25. The number of ether oxygens (including phenoxy) is 1. The van der Waals surface area contributed by atoms with Crippen LogP contribution in [0.15, 0.2) is 77.7 Å². The molecule has 0 spiro atoms. The summed E-state index contributed by atoms with van der Waals surface area (Å²) in [6, 6.07) is 18.5. The summed E-state index contributed by atoms with van der Waals surface area (Å²) < 4.78 is 33.4. The fourth-order valence-corrected chi connectivity index (χ4v) is 4.39. The van der Waals surface area contributed by atoms with Gasteiger partial charge >= 0.3 is 0 Å². The highest BCUT2D eigenvalue weighted by molar-refractivity contribution is 7.89. The fraction of sp³-hybridized carbons (Fsp3) is 0.136. The predicted octanol–water partition coefficient (Wildman–Crippen LogP) is 4.53. The quantitative estimate of drug-likeness (QED) is 0.497. The van der Waals surface area contributed by atoms with Crippen LogP contribution in [-0.4, -0.2) is 27.5 Å². The van der Waals surface area contributed by atoms with Crippen LogP contribution in [0.2, 0.25) is 10.0 Å². The summed E-state index contributed by atoms with van der Waals surface area (Å²) in [6.45, 7) is 0. The lowest BCUT2D eigenvalue weighted by molar-refractivity contribution is -0.117. The Morgan fingerprint density at radius 1 is 1.00 bits per heavy atom. The van der Waals surface area contributed by atoms with Crippen molar-refractivity contribution < 1.29 is 17.9 Å². The fourth-order valence-electron chi connectivity index (χ4n) is 2.86. The number of nitrogens with one attached hydrogen (secondary N) is 2. The second kappa shape index (κ2) is 10.2. The van der Waals surface area contributed by atoms with Gasteiger partial charge in [0.2, 0.25) is 15.9 Å². The van der Waals surface area contributed by atoms with Crippen LogP contribution in [0.25, 0.3) is 0 Å². The molecule has 162 valence electrons. The zero-order chi connectivity index (χ0) is 22.4. The number of rotatable bonds is 8. The largest absolute Gasteiger partial charge is 0.497 e. The Balaban J connectivity index is 1.88. The predicted molar refractivity (Wildman–Crippen MR) is 122 cm³/mol. The van der Waals surface area contributed by atoms with Gasteiger partial charge in [-0.1, -0.05) is 53.5 Å². The minimum atomic E-state index is -3.99.